The van der Waals surface area contributed by atoms with Gasteiger partial charge in [-0.05, 0) is 56.0 Å². The van der Waals surface area contributed by atoms with Crippen LogP contribution in [0.1, 0.15) is 50.2 Å². The second-order valence-electron chi connectivity index (χ2n) is 10.5. The van der Waals surface area contributed by atoms with E-state index < -0.39 is 33.4 Å². The van der Waals surface area contributed by atoms with E-state index in [0.29, 0.717) is 6.42 Å². The van der Waals surface area contributed by atoms with Crippen LogP contribution in [0.3, 0.4) is 0 Å². The zero-order valence-corrected chi connectivity index (χ0v) is 24.6. The van der Waals surface area contributed by atoms with E-state index in [-0.39, 0.29) is 34.8 Å². The van der Waals surface area contributed by atoms with Crippen LogP contribution in [0.5, 0.6) is 0 Å². The van der Waals surface area contributed by atoms with Crippen molar-refractivity contribution in [1.29, 1.82) is 0 Å². The van der Waals surface area contributed by atoms with Gasteiger partial charge in [-0.15, -0.1) is 0 Å². The second kappa shape index (κ2) is 13.6. The highest BCUT2D eigenvalue weighted by molar-refractivity contribution is 7.92. The molecule has 1 aliphatic carbocycles. The molecule has 0 heterocycles. The molecule has 3 aromatic carbocycles. The van der Waals surface area contributed by atoms with E-state index in [0.717, 1.165) is 41.1 Å². The Bertz CT molecular complexity index is 1510. The summed E-state index contributed by atoms with van der Waals surface area (Å²) in [6, 6.07) is 19.5. The molecule has 10 nitrogen and oxygen atoms in total. The summed E-state index contributed by atoms with van der Waals surface area (Å²) in [6.07, 6.45) is 4.18. The zero-order chi connectivity index (χ0) is 30.3. The lowest BCUT2D eigenvalue weighted by Gasteiger charge is -2.33. The van der Waals surface area contributed by atoms with Gasteiger partial charge in [0.1, 0.15) is 12.6 Å². The molecule has 1 atom stereocenters. The average Bonchev–Trinajstić information content (AvgIpc) is 3.49. The topological polar surface area (TPSA) is 130 Å². The van der Waals surface area contributed by atoms with Crippen LogP contribution >= 0.6 is 0 Å². The molecule has 42 heavy (non-hydrogen) atoms. The van der Waals surface area contributed by atoms with E-state index in [1.165, 1.54) is 41.3 Å². The van der Waals surface area contributed by atoms with Gasteiger partial charge in [-0.3, -0.25) is 24.0 Å². The van der Waals surface area contributed by atoms with Gasteiger partial charge in [-0.1, -0.05) is 67.8 Å². The van der Waals surface area contributed by atoms with Gasteiger partial charge in [0.25, 0.3) is 15.7 Å². The summed E-state index contributed by atoms with van der Waals surface area (Å²) in [5.41, 5.74) is 1.68. The number of nitro benzene ring substituents is 1. The lowest BCUT2D eigenvalue weighted by atomic mass is 10.1. The summed E-state index contributed by atoms with van der Waals surface area (Å²) >= 11 is 0. The lowest BCUT2D eigenvalue weighted by Crippen LogP contribution is -2.53. The van der Waals surface area contributed by atoms with Crippen molar-refractivity contribution in [3.63, 3.8) is 0 Å². The van der Waals surface area contributed by atoms with Crippen molar-refractivity contribution < 1.29 is 22.9 Å². The van der Waals surface area contributed by atoms with Gasteiger partial charge >= 0.3 is 0 Å². The van der Waals surface area contributed by atoms with Crippen LogP contribution in [0.25, 0.3) is 0 Å². The number of benzene rings is 3. The third-order valence-electron chi connectivity index (χ3n) is 7.48. The molecule has 1 saturated carbocycles. The highest BCUT2D eigenvalue weighted by Gasteiger charge is 2.34. The van der Waals surface area contributed by atoms with Gasteiger partial charge in [-0.25, -0.2) is 8.42 Å². The number of hydrogen-bond donors (Lipinski definition) is 1. The average molecular weight is 593 g/mol. The Kier molecular flexibility index (Phi) is 9.95. The van der Waals surface area contributed by atoms with Crippen molar-refractivity contribution in [2.45, 2.75) is 69.5 Å². The van der Waals surface area contributed by atoms with Crippen molar-refractivity contribution in [1.82, 2.24) is 10.2 Å². The molecule has 222 valence electrons. The van der Waals surface area contributed by atoms with Gasteiger partial charge < -0.3 is 10.2 Å². The van der Waals surface area contributed by atoms with Crippen LogP contribution in [-0.4, -0.2) is 48.7 Å². The van der Waals surface area contributed by atoms with Gasteiger partial charge in [-0.2, -0.15) is 0 Å². The summed E-state index contributed by atoms with van der Waals surface area (Å²) in [5, 5.41) is 14.3. The summed E-state index contributed by atoms with van der Waals surface area (Å²) in [4.78, 5) is 39.7. The van der Waals surface area contributed by atoms with Crippen LogP contribution in [0, 0.1) is 17.0 Å². The van der Waals surface area contributed by atoms with Gasteiger partial charge in [0.15, 0.2) is 0 Å². The van der Waals surface area contributed by atoms with Gasteiger partial charge in [0.05, 0.1) is 15.5 Å². The van der Waals surface area contributed by atoms with Crippen LogP contribution < -0.4 is 9.62 Å². The smallest absolute Gasteiger partial charge is 0.269 e. The van der Waals surface area contributed by atoms with E-state index in [1.54, 1.807) is 18.2 Å². The Morgan fingerprint density at radius 2 is 1.67 bits per heavy atom. The molecule has 0 aliphatic heterocycles. The highest BCUT2D eigenvalue weighted by Crippen LogP contribution is 2.27. The van der Waals surface area contributed by atoms with Crippen molar-refractivity contribution in [3.8, 4) is 0 Å². The lowest BCUT2D eigenvalue weighted by molar-refractivity contribution is -0.384. The first-order valence-corrected chi connectivity index (χ1v) is 15.5. The van der Waals surface area contributed by atoms with E-state index in [1.807, 2.05) is 38.1 Å². The largest absolute Gasteiger partial charge is 0.352 e. The Morgan fingerprint density at radius 1 is 1.00 bits per heavy atom. The minimum Gasteiger partial charge on any atom is -0.352 e. The number of amides is 2. The SMILES string of the molecule is CCC(C(=O)NC1CCCC1)N(Cc1cccc(C)c1)C(=O)CN(c1ccc([N+](=O)[O-])cc1)S(=O)(=O)c1ccccc1. The second-order valence-corrected chi connectivity index (χ2v) is 12.4. The maximum Gasteiger partial charge on any atom is 0.269 e. The number of nitro groups is 1. The van der Waals surface area contributed by atoms with E-state index in [4.69, 9.17) is 0 Å². The Balaban J connectivity index is 1.72. The quantitative estimate of drug-likeness (QED) is 0.234. The fraction of sp³-hybridized carbons (Fsp3) is 0.355. The molecular weight excluding hydrogens is 556 g/mol. The van der Waals surface area contributed by atoms with E-state index >= 15 is 0 Å². The Labute approximate surface area is 246 Å². The zero-order valence-electron chi connectivity index (χ0n) is 23.8. The third-order valence-corrected chi connectivity index (χ3v) is 9.27. The first-order valence-electron chi connectivity index (χ1n) is 14.1. The summed E-state index contributed by atoms with van der Waals surface area (Å²) in [5.74, 6) is -0.832. The number of nitrogens with one attached hydrogen (secondary N) is 1. The fourth-order valence-corrected chi connectivity index (χ4v) is 6.72. The number of sulfonamides is 1. The molecule has 1 aliphatic rings. The van der Waals surface area contributed by atoms with Crippen molar-refractivity contribution in [2.24, 2.45) is 0 Å². The van der Waals surface area contributed by atoms with Gasteiger partial charge in [0, 0.05) is 24.7 Å². The number of nitrogens with zero attached hydrogens (tertiary/aromatic N) is 3. The van der Waals surface area contributed by atoms with Crippen molar-refractivity contribution in [2.75, 3.05) is 10.8 Å². The first kappa shape index (κ1) is 30.7. The standard InChI is InChI=1S/C31H36N4O6S/c1-3-29(31(37)32-25-12-7-8-13-25)33(21-24-11-9-10-23(2)20-24)30(36)22-34(26-16-18-27(19-17-26)35(38)39)42(40,41)28-14-5-4-6-15-28/h4-6,9-11,14-20,25,29H,3,7-8,12-13,21-22H2,1-2H3,(H,32,37). The van der Waals surface area contributed by atoms with Crippen LogP contribution in [0.2, 0.25) is 0 Å². The summed E-state index contributed by atoms with van der Waals surface area (Å²) in [7, 11) is -4.25. The monoisotopic (exact) mass is 592 g/mol. The number of non-ortho nitro benzene ring substituents is 1. The molecule has 0 spiro atoms. The Morgan fingerprint density at radius 3 is 2.26 bits per heavy atom. The number of hydrogen-bond acceptors (Lipinski definition) is 6. The molecule has 4 rings (SSSR count). The molecule has 1 unspecified atom stereocenters. The molecule has 1 N–H and O–H groups in total. The molecule has 3 aromatic rings. The molecule has 0 bridgehead atoms. The minimum absolute atomic E-state index is 0.0348. The molecule has 0 aromatic heterocycles. The van der Waals surface area contributed by atoms with Crippen LogP contribution in [-0.2, 0) is 26.2 Å². The van der Waals surface area contributed by atoms with Gasteiger partial charge in [0.2, 0.25) is 11.8 Å². The number of carbonyl (C=O) groups excluding carboxylic acids is 2. The number of aryl methyl sites for hydroxylation is 1. The number of anilines is 1. The molecular formula is C31H36N4O6S. The normalized spacial score (nSPS) is 14.2. The van der Waals surface area contributed by atoms with E-state index in [9.17, 15) is 28.1 Å². The predicted molar refractivity (Wildman–Crippen MR) is 160 cm³/mol. The fourth-order valence-electron chi connectivity index (χ4n) is 5.28. The molecule has 11 heteroatoms. The maximum atomic E-state index is 14.1. The summed E-state index contributed by atoms with van der Waals surface area (Å²) in [6.45, 7) is 3.26. The Hall–Kier alpha value is -4.25. The van der Waals surface area contributed by atoms with E-state index in [2.05, 4.69) is 5.32 Å². The van der Waals surface area contributed by atoms with Crippen molar-refractivity contribution in [3.05, 3.63) is 100 Å². The number of carbonyl (C=O) groups is 2. The molecule has 2 amide bonds. The first-order chi connectivity index (χ1) is 20.1. The molecule has 0 saturated heterocycles. The minimum atomic E-state index is -4.25. The highest BCUT2D eigenvalue weighted by atomic mass is 32.2. The third kappa shape index (κ3) is 7.33. The predicted octanol–water partition coefficient (Wildman–Crippen LogP) is 4.96. The molecule has 1 fully saturated rings. The van der Waals surface area contributed by atoms with Crippen molar-refractivity contribution >= 4 is 33.2 Å². The number of rotatable bonds is 12. The summed E-state index contributed by atoms with van der Waals surface area (Å²) < 4.78 is 28.7. The maximum absolute atomic E-state index is 14.1. The molecule has 0 radical (unpaired) electrons. The van der Waals surface area contributed by atoms with Crippen LogP contribution in [0.4, 0.5) is 11.4 Å². The van der Waals surface area contributed by atoms with Crippen LogP contribution in [0.15, 0.2) is 83.8 Å².